The van der Waals surface area contributed by atoms with Crippen LogP contribution >= 0.6 is 11.3 Å². The number of carbonyl (C=O) groups excluding carboxylic acids is 1. The Morgan fingerprint density at radius 3 is 2.90 bits per heavy atom. The molecule has 2 aromatic rings. The average molecular weight is 304 g/mol. The van der Waals surface area contributed by atoms with Crippen LogP contribution in [0.4, 0.5) is 0 Å². The second-order valence-corrected chi connectivity index (χ2v) is 6.52. The fourth-order valence-electron chi connectivity index (χ4n) is 2.85. The van der Waals surface area contributed by atoms with Gasteiger partial charge in [0, 0.05) is 29.4 Å². The van der Waals surface area contributed by atoms with Crippen LogP contribution in [0, 0.1) is 6.92 Å². The standard InChI is InChI=1S/C15H20N4OS/c1-9-8-21-15(16-9)10(2)17-14(20)13-11-6-4-5-7-12(11)19(3)18-13/h8,10H,4-7H2,1-3H3,(H,17,20)/t10-/m0/s1. The van der Waals surface area contributed by atoms with Crippen molar-refractivity contribution < 1.29 is 4.79 Å². The zero-order valence-corrected chi connectivity index (χ0v) is 13.5. The number of hydrogen-bond donors (Lipinski definition) is 1. The predicted molar refractivity (Wildman–Crippen MR) is 82.6 cm³/mol. The molecule has 0 saturated heterocycles. The Bertz CT molecular complexity index is 673. The molecule has 21 heavy (non-hydrogen) atoms. The second-order valence-electron chi connectivity index (χ2n) is 5.63. The van der Waals surface area contributed by atoms with E-state index in [1.165, 1.54) is 12.1 Å². The van der Waals surface area contributed by atoms with Crippen molar-refractivity contribution in [1.82, 2.24) is 20.1 Å². The number of aromatic nitrogens is 3. The predicted octanol–water partition coefficient (Wildman–Crippen LogP) is 2.55. The molecule has 1 amide bonds. The number of carbonyl (C=O) groups is 1. The molecule has 3 rings (SSSR count). The Labute approximate surface area is 128 Å². The highest BCUT2D eigenvalue weighted by Crippen LogP contribution is 2.25. The van der Waals surface area contributed by atoms with Gasteiger partial charge in [-0.3, -0.25) is 9.48 Å². The van der Waals surface area contributed by atoms with Gasteiger partial charge in [0.05, 0.1) is 6.04 Å². The number of nitrogens with zero attached hydrogens (tertiary/aromatic N) is 3. The fourth-order valence-corrected chi connectivity index (χ4v) is 3.66. The summed E-state index contributed by atoms with van der Waals surface area (Å²) in [7, 11) is 1.93. The van der Waals surface area contributed by atoms with E-state index in [4.69, 9.17) is 0 Å². The minimum Gasteiger partial charge on any atom is -0.342 e. The highest BCUT2D eigenvalue weighted by Gasteiger charge is 2.25. The molecule has 0 unspecified atom stereocenters. The van der Waals surface area contributed by atoms with Crippen LogP contribution in [0.1, 0.15) is 58.3 Å². The zero-order valence-electron chi connectivity index (χ0n) is 12.6. The third kappa shape index (κ3) is 2.72. The minimum absolute atomic E-state index is 0.0857. The van der Waals surface area contributed by atoms with E-state index in [9.17, 15) is 4.79 Å². The van der Waals surface area contributed by atoms with E-state index in [1.54, 1.807) is 11.3 Å². The van der Waals surface area contributed by atoms with Crippen molar-refractivity contribution in [2.24, 2.45) is 7.05 Å². The number of rotatable bonds is 3. The van der Waals surface area contributed by atoms with Gasteiger partial charge in [-0.05, 0) is 39.5 Å². The first-order valence-electron chi connectivity index (χ1n) is 7.34. The molecular weight excluding hydrogens is 284 g/mol. The zero-order chi connectivity index (χ0) is 15.0. The van der Waals surface area contributed by atoms with Crippen LogP contribution in [0.15, 0.2) is 5.38 Å². The van der Waals surface area contributed by atoms with Gasteiger partial charge in [0.15, 0.2) is 5.69 Å². The van der Waals surface area contributed by atoms with E-state index in [0.29, 0.717) is 5.69 Å². The molecule has 1 aliphatic rings. The summed E-state index contributed by atoms with van der Waals surface area (Å²) in [6.07, 6.45) is 4.30. The summed E-state index contributed by atoms with van der Waals surface area (Å²) in [5.41, 5.74) is 3.92. The first-order chi connectivity index (χ1) is 10.1. The van der Waals surface area contributed by atoms with Crippen molar-refractivity contribution in [3.8, 4) is 0 Å². The highest BCUT2D eigenvalue weighted by molar-refractivity contribution is 7.09. The van der Waals surface area contributed by atoms with Crippen LogP contribution in [-0.4, -0.2) is 20.7 Å². The van der Waals surface area contributed by atoms with Crippen molar-refractivity contribution in [3.05, 3.63) is 33.0 Å². The van der Waals surface area contributed by atoms with E-state index in [2.05, 4.69) is 15.4 Å². The Kier molecular flexibility index (Phi) is 3.80. The number of fused-ring (bicyclic) bond motifs is 1. The Morgan fingerprint density at radius 1 is 1.43 bits per heavy atom. The van der Waals surface area contributed by atoms with Crippen molar-refractivity contribution in [2.75, 3.05) is 0 Å². The van der Waals surface area contributed by atoms with E-state index in [-0.39, 0.29) is 11.9 Å². The van der Waals surface area contributed by atoms with Gasteiger partial charge in [0.1, 0.15) is 5.01 Å². The number of aryl methyl sites for hydroxylation is 2. The summed E-state index contributed by atoms with van der Waals surface area (Å²) in [6, 6.07) is -0.0857. The van der Waals surface area contributed by atoms with Gasteiger partial charge < -0.3 is 5.32 Å². The lowest BCUT2D eigenvalue weighted by Gasteiger charge is -2.14. The van der Waals surface area contributed by atoms with Crippen molar-refractivity contribution >= 4 is 17.2 Å². The molecular formula is C15H20N4OS. The lowest BCUT2D eigenvalue weighted by molar-refractivity contribution is 0.0933. The molecule has 0 aromatic carbocycles. The summed E-state index contributed by atoms with van der Waals surface area (Å²) in [6.45, 7) is 3.93. The number of hydrogen-bond acceptors (Lipinski definition) is 4. The summed E-state index contributed by atoms with van der Waals surface area (Å²) in [4.78, 5) is 16.9. The molecule has 0 spiro atoms. The van der Waals surface area contributed by atoms with Crippen LogP contribution in [0.25, 0.3) is 0 Å². The largest absolute Gasteiger partial charge is 0.342 e. The van der Waals surface area contributed by atoms with Gasteiger partial charge in [-0.15, -0.1) is 11.3 Å². The van der Waals surface area contributed by atoms with Crippen LogP contribution in [-0.2, 0) is 19.9 Å². The third-order valence-electron chi connectivity index (χ3n) is 3.94. The summed E-state index contributed by atoms with van der Waals surface area (Å²) >= 11 is 1.58. The molecule has 5 nitrogen and oxygen atoms in total. The van der Waals surface area contributed by atoms with E-state index >= 15 is 0 Å². The van der Waals surface area contributed by atoms with Crippen molar-refractivity contribution in [2.45, 2.75) is 45.6 Å². The fraction of sp³-hybridized carbons (Fsp3) is 0.533. The molecule has 0 bridgehead atoms. The summed E-state index contributed by atoms with van der Waals surface area (Å²) in [5.74, 6) is -0.0888. The van der Waals surface area contributed by atoms with E-state index < -0.39 is 0 Å². The maximum Gasteiger partial charge on any atom is 0.272 e. The molecule has 1 aliphatic carbocycles. The second kappa shape index (κ2) is 5.60. The summed E-state index contributed by atoms with van der Waals surface area (Å²) in [5, 5.41) is 10.4. The molecule has 0 saturated carbocycles. The van der Waals surface area contributed by atoms with Gasteiger partial charge in [-0.1, -0.05) is 0 Å². The monoisotopic (exact) mass is 304 g/mol. The van der Waals surface area contributed by atoms with Gasteiger partial charge in [0.25, 0.3) is 5.91 Å². The minimum atomic E-state index is -0.0888. The lowest BCUT2D eigenvalue weighted by atomic mass is 9.95. The smallest absolute Gasteiger partial charge is 0.272 e. The van der Waals surface area contributed by atoms with E-state index in [1.807, 2.05) is 31.0 Å². The molecule has 0 aliphatic heterocycles. The quantitative estimate of drug-likeness (QED) is 0.948. The highest BCUT2D eigenvalue weighted by atomic mass is 32.1. The molecule has 1 atom stereocenters. The average Bonchev–Trinajstić information content (AvgIpc) is 3.04. The topological polar surface area (TPSA) is 59.8 Å². The first-order valence-corrected chi connectivity index (χ1v) is 8.22. The lowest BCUT2D eigenvalue weighted by Crippen LogP contribution is -2.28. The number of thiazole rings is 1. The Balaban J connectivity index is 1.79. The van der Waals surface area contributed by atoms with E-state index in [0.717, 1.165) is 35.5 Å². The van der Waals surface area contributed by atoms with Crippen LogP contribution in [0.5, 0.6) is 0 Å². The van der Waals surface area contributed by atoms with Crippen LogP contribution in [0.3, 0.4) is 0 Å². The van der Waals surface area contributed by atoms with Gasteiger partial charge in [0.2, 0.25) is 0 Å². The van der Waals surface area contributed by atoms with Crippen molar-refractivity contribution in [1.29, 1.82) is 0 Å². The van der Waals surface area contributed by atoms with Gasteiger partial charge in [-0.2, -0.15) is 5.10 Å². The van der Waals surface area contributed by atoms with Crippen molar-refractivity contribution in [3.63, 3.8) is 0 Å². The molecule has 2 aromatic heterocycles. The van der Waals surface area contributed by atoms with Gasteiger partial charge in [-0.25, -0.2) is 4.98 Å². The maximum atomic E-state index is 12.5. The molecule has 2 heterocycles. The third-order valence-corrected chi connectivity index (χ3v) is 5.08. The normalized spacial score (nSPS) is 15.6. The maximum absolute atomic E-state index is 12.5. The van der Waals surface area contributed by atoms with Crippen LogP contribution < -0.4 is 5.32 Å². The van der Waals surface area contributed by atoms with Crippen LogP contribution in [0.2, 0.25) is 0 Å². The molecule has 1 N–H and O–H groups in total. The molecule has 0 fully saturated rings. The van der Waals surface area contributed by atoms with Gasteiger partial charge >= 0.3 is 0 Å². The number of amides is 1. The Morgan fingerprint density at radius 2 is 2.19 bits per heavy atom. The first kappa shape index (κ1) is 14.3. The SMILES string of the molecule is Cc1csc([C@H](C)NC(=O)c2nn(C)c3c2CCCC3)n1. The Hall–Kier alpha value is -1.69. The molecule has 112 valence electrons. The number of nitrogens with one attached hydrogen (secondary N) is 1. The molecule has 0 radical (unpaired) electrons. The summed E-state index contributed by atoms with van der Waals surface area (Å²) < 4.78 is 1.86. The molecule has 6 heteroatoms.